The van der Waals surface area contributed by atoms with Crippen molar-refractivity contribution in [3.8, 4) is 0 Å². The van der Waals surface area contributed by atoms with Gasteiger partial charge in [-0.2, -0.15) is 0 Å². The second-order valence-electron chi connectivity index (χ2n) is 3.01. The molecule has 18 heavy (non-hydrogen) atoms. The Hall–Kier alpha value is -1.31. The molecule has 0 aliphatic rings. The van der Waals surface area contributed by atoms with Gasteiger partial charge in [-0.3, -0.25) is 10.1 Å². The van der Waals surface area contributed by atoms with Crippen LogP contribution in [0.25, 0.3) is 0 Å². The lowest BCUT2D eigenvalue weighted by atomic mass is 10.3. The van der Waals surface area contributed by atoms with Gasteiger partial charge < -0.3 is 4.72 Å². The summed E-state index contributed by atoms with van der Waals surface area (Å²) in [7, 11) is -1.68. The summed E-state index contributed by atoms with van der Waals surface area (Å²) in [6.45, 7) is 0. The van der Waals surface area contributed by atoms with Crippen molar-refractivity contribution in [1.82, 2.24) is 0 Å². The topological polar surface area (TPSA) is 72.2 Å². The maximum atomic E-state index is 11.7. The average molecular weight is 305 g/mol. The van der Waals surface area contributed by atoms with Crippen LogP contribution in [0.3, 0.4) is 0 Å². The van der Waals surface area contributed by atoms with Gasteiger partial charge in [0.15, 0.2) is 11.0 Å². The van der Waals surface area contributed by atoms with Gasteiger partial charge in [-0.05, 0) is 12.1 Å². The van der Waals surface area contributed by atoms with Gasteiger partial charge in [-0.15, -0.1) is 12.6 Å². The maximum absolute atomic E-state index is 11.7. The Bertz CT molecular complexity index is 517. The lowest BCUT2D eigenvalue weighted by molar-refractivity contribution is -0.418. The first kappa shape index (κ1) is 14.7. The van der Waals surface area contributed by atoms with Gasteiger partial charge in [-0.25, -0.2) is 4.21 Å². The molecular formula is C10H9ClN2O3S2. The van der Waals surface area contributed by atoms with Crippen LogP contribution >= 0.6 is 24.2 Å². The van der Waals surface area contributed by atoms with E-state index in [4.69, 9.17) is 11.6 Å². The molecule has 0 saturated heterocycles. The van der Waals surface area contributed by atoms with Crippen LogP contribution in [0.5, 0.6) is 0 Å². The van der Waals surface area contributed by atoms with Crippen LogP contribution in [0.15, 0.2) is 51.9 Å². The molecule has 1 aromatic rings. The molecule has 1 aromatic carbocycles. The zero-order valence-electron chi connectivity index (χ0n) is 8.95. The van der Waals surface area contributed by atoms with E-state index in [1.807, 2.05) is 6.07 Å². The van der Waals surface area contributed by atoms with Crippen LogP contribution in [0.1, 0.15) is 0 Å². The Balaban J connectivity index is 2.79. The van der Waals surface area contributed by atoms with E-state index in [1.165, 1.54) is 0 Å². The third-order valence-corrected chi connectivity index (χ3v) is 3.54. The number of rotatable bonds is 5. The first-order valence-corrected chi connectivity index (χ1v) is 6.67. The number of benzene rings is 1. The fraction of sp³-hybridized carbons (Fsp3) is 0. The van der Waals surface area contributed by atoms with Crippen molar-refractivity contribution >= 4 is 40.9 Å². The van der Waals surface area contributed by atoms with Gasteiger partial charge in [0.1, 0.15) is 0 Å². The molecule has 5 nitrogen and oxygen atoms in total. The van der Waals surface area contributed by atoms with Gasteiger partial charge in [0, 0.05) is 11.8 Å². The first-order valence-electron chi connectivity index (χ1n) is 4.63. The van der Waals surface area contributed by atoms with Crippen LogP contribution < -0.4 is 4.72 Å². The van der Waals surface area contributed by atoms with Gasteiger partial charge in [-0.1, -0.05) is 29.8 Å². The van der Waals surface area contributed by atoms with Crippen molar-refractivity contribution in [3.05, 3.63) is 62.0 Å². The van der Waals surface area contributed by atoms with E-state index in [9.17, 15) is 14.3 Å². The zero-order valence-corrected chi connectivity index (χ0v) is 11.4. The summed E-state index contributed by atoms with van der Waals surface area (Å²) < 4.78 is 14.4. The van der Waals surface area contributed by atoms with E-state index in [1.54, 1.807) is 24.3 Å². The summed E-state index contributed by atoms with van der Waals surface area (Å²) in [6.07, 6.45) is 1.03. The third kappa shape index (κ3) is 4.52. The quantitative estimate of drug-likeness (QED) is 0.380. The average Bonchev–Trinajstić information content (AvgIpc) is 2.36. The molecule has 0 spiro atoms. The Morgan fingerprint density at radius 2 is 2.06 bits per heavy atom. The van der Waals surface area contributed by atoms with Gasteiger partial charge in [0.05, 0.1) is 14.7 Å². The number of anilines is 1. The number of nitrogens with zero attached hydrogens (tertiary/aromatic N) is 1. The highest BCUT2D eigenvalue weighted by atomic mass is 35.5. The molecule has 1 atom stereocenters. The molecule has 0 aliphatic heterocycles. The van der Waals surface area contributed by atoms with Crippen molar-refractivity contribution in [2.45, 2.75) is 0 Å². The summed E-state index contributed by atoms with van der Waals surface area (Å²) in [6, 6.07) is 8.77. The van der Waals surface area contributed by atoms with Gasteiger partial charge in [0.2, 0.25) is 0 Å². The van der Waals surface area contributed by atoms with Crippen LogP contribution in [0.2, 0.25) is 0 Å². The number of allylic oxidation sites excluding steroid dienone is 1. The number of hydrogen-bond donors (Lipinski definition) is 2. The Labute approximate surface area is 117 Å². The molecule has 0 radical (unpaired) electrons. The predicted molar refractivity (Wildman–Crippen MR) is 76.2 cm³/mol. The van der Waals surface area contributed by atoms with E-state index in [-0.39, 0.29) is 9.93 Å². The van der Waals surface area contributed by atoms with E-state index in [2.05, 4.69) is 17.4 Å². The molecule has 0 aliphatic carbocycles. The Morgan fingerprint density at radius 1 is 1.44 bits per heavy atom. The van der Waals surface area contributed by atoms with E-state index in [0.717, 1.165) is 11.6 Å². The van der Waals surface area contributed by atoms with Crippen molar-refractivity contribution in [2.24, 2.45) is 0 Å². The van der Waals surface area contributed by atoms with Crippen LogP contribution in [0, 0.1) is 10.1 Å². The lowest BCUT2D eigenvalue weighted by Gasteiger charge is -2.04. The van der Waals surface area contributed by atoms with Crippen LogP contribution in [0.4, 0.5) is 5.69 Å². The minimum absolute atomic E-state index is 0.00227. The van der Waals surface area contributed by atoms with Gasteiger partial charge in [0.25, 0.3) is 5.70 Å². The van der Waals surface area contributed by atoms with Crippen molar-refractivity contribution in [1.29, 1.82) is 0 Å². The van der Waals surface area contributed by atoms with Crippen molar-refractivity contribution in [3.63, 3.8) is 0 Å². The maximum Gasteiger partial charge on any atom is 0.282 e. The highest BCUT2D eigenvalue weighted by Crippen LogP contribution is 2.15. The first-order chi connectivity index (χ1) is 8.54. The fourth-order valence-electron chi connectivity index (χ4n) is 0.970. The summed E-state index contributed by atoms with van der Waals surface area (Å²) in [5.74, 6) is 0. The van der Waals surface area contributed by atoms with E-state index in [0.29, 0.717) is 5.69 Å². The van der Waals surface area contributed by atoms with Crippen LogP contribution in [-0.2, 0) is 11.0 Å². The Kier molecular flexibility index (Phi) is 5.90. The SMILES string of the molecule is O=[N+]([O-])C(=C\Cl)/C=C(\S)S(=O)Nc1ccccc1. The molecule has 0 heterocycles. The number of halogens is 1. The number of para-hydroxylation sites is 1. The molecule has 0 saturated carbocycles. The van der Waals surface area contributed by atoms with Crippen molar-refractivity contribution < 1.29 is 9.13 Å². The van der Waals surface area contributed by atoms with E-state index >= 15 is 0 Å². The second kappa shape index (κ2) is 7.20. The minimum atomic E-state index is -1.68. The molecule has 0 bridgehead atoms. The number of nitro groups is 1. The summed E-state index contributed by atoms with van der Waals surface area (Å²) in [5, 5.41) is 10.5. The molecule has 1 rings (SSSR count). The molecule has 1 unspecified atom stereocenters. The fourth-order valence-corrected chi connectivity index (χ4v) is 2.06. The summed E-state index contributed by atoms with van der Waals surface area (Å²) >= 11 is 9.21. The standard InChI is InChI=1S/C10H9ClN2O3S2/c11-7-9(13(14)15)6-10(17)18(16)12-8-4-2-1-3-5-8/h1-7,12,17H/b9-7-,10-6+. The molecule has 0 aromatic heterocycles. The smallest absolute Gasteiger partial charge is 0.282 e. The second-order valence-corrected chi connectivity index (χ2v) is 5.19. The molecule has 0 fully saturated rings. The van der Waals surface area contributed by atoms with Gasteiger partial charge >= 0.3 is 0 Å². The molecule has 8 heteroatoms. The normalized spacial score (nSPS) is 14.1. The molecule has 96 valence electrons. The number of nitrogens with one attached hydrogen (secondary N) is 1. The van der Waals surface area contributed by atoms with E-state index < -0.39 is 15.9 Å². The monoisotopic (exact) mass is 304 g/mol. The molecule has 0 amide bonds. The largest absolute Gasteiger partial charge is 0.301 e. The highest BCUT2D eigenvalue weighted by Gasteiger charge is 2.11. The zero-order chi connectivity index (χ0) is 13.5. The summed E-state index contributed by atoms with van der Waals surface area (Å²) in [5.41, 5.74) is 1.02. The minimum Gasteiger partial charge on any atom is -0.301 e. The number of hydrogen-bond acceptors (Lipinski definition) is 4. The molecular weight excluding hydrogens is 296 g/mol. The van der Waals surface area contributed by atoms with Crippen molar-refractivity contribution in [2.75, 3.05) is 4.72 Å². The molecule has 1 N–H and O–H groups in total. The lowest BCUT2D eigenvalue weighted by Crippen LogP contribution is -2.05. The van der Waals surface area contributed by atoms with Crippen LogP contribution in [-0.4, -0.2) is 9.13 Å². The highest BCUT2D eigenvalue weighted by molar-refractivity contribution is 8.07. The predicted octanol–water partition coefficient (Wildman–Crippen LogP) is 2.89. The Morgan fingerprint density at radius 3 is 2.56 bits per heavy atom. The summed E-state index contributed by atoms with van der Waals surface area (Å²) in [4.78, 5) is 9.81. The third-order valence-electron chi connectivity index (χ3n) is 1.77. The number of thiol groups is 1.